The van der Waals surface area contributed by atoms with Gasteiger partial charge in [0.25, 0.3) is 0 Å². The predicted molar refractivity (Wildman–Crippen MR) is 190 cm³/mol. The number of allylic oxidation sites excluding steroid dienone is 8. The van der Waals surface area contributed by atoms with Gasteiger partial charge in [0.15, 0.2) is 0 Å². The smallest absolute Gasteiger partial charge is 0.00315 e. The predicted octanol–water partition coefficient (Wildman–Crippen LogP) is 11.6. The minimum absolute atomic E-state index is 0.198. The lowest BCUT2D eigenvalue weighted by atomic mass is 9.58. The number of hydrogen-bond acceptors (Lipinski definition) is 0. The van der Waals surface area contributed by atoms with E-state index in [-0.39, 0.29) is 10.8 Å². The monoisotopic (exact) mass is 593 g/mol. The molecule has 0 nitrogen and oxygen atoms in total. The molecule has 0 amide bonds. The normalized spacial score (nSPS) is 47.2. The summed E-state index contributed by atoms with van der Waals surface area (Å²) in [7, 11) is -0.943. The SMILES string of the molecule is CCC12C=CC(C(C)C)=CC1C(S(CC)(CC)C1C(C)C(C)C3C(C)C(C)C(C)C(C)C31)C1C=C(C(C)(C)C)C=CC12. The zero-order chi connectivity index (χ0) is 31.1. The van der Waals surface area contributed by atoms with E-state index in [9.17, 15) is 0 Å². The molecule has 0 spiro atoms. The molecule has 0 aromatic carbocycles. The van der Waals surface area contributed by atoms with Crippen LogP contribution in [0, 0.1) is 81.8 Å². The first-order chi connectivity index (χ1) is 19.6. The lowest BCUT2D eigenvalue weighted by Crippen LogP contribution is -2.49. The van der Waals surface area contributed by atoms with Crippen molar-refractivity contribution in [1.82, 2.24) is 0 Å². The Hall–Kier alpha value is -0.690. The quantitative estimate of drug-likeness (QED) is 0.288. The molecule has 5 rings (SSSR count). The van der Waals surface area contributed by atoms with E-state index in [1.165, 1.54) is 17.9 Å². The number of hydrogen-bond donors (Lipinski definition) is 0. The third-order valence-electron chi connectivity index (χ3n) is 15.0. The molecule has 0 saturated heterocycles. The Morgan fingerprint density at radius 2 is 1.29 bits per heavy atom. The maximum atomic E-state index is 2.86. The first-order valence-electron chi connectivity index (χ1n) is 18.2. The van der Waals surface area contributed by atoms with E-state index in [1.54, 1.807) is 11.1 Å². The zero-order valence-corrected chi connectivity index (χ0v) is 30.9. The van der Waals surface area contributed by atoms with Crippen molar-refractivity contribution in [2.75, 3.05) is 11.5 Å². The highest BCUT2D eigenvalue weighted by molar-refractivity contribution is 8.34. The van der Waals surface area contributed by atoms with Gasteiger partial charge in [-0.05, 0) is 111 Å². The topological polar surface area (TPSA) is 0 Å². The Balaban J connectivity index is 1.75. The summed E-state index contributed by atoms with van der Waals surface area (Å²) in [6.45, 7) is 35.9. The van der Waals surface area contributed by atoms with Gasteiger partial charge in [-0.1, -0.05) is 133 Å². The second kappa shape index (κ2) is 11.3. The minimum atomic E-state index is -0.943. The van der Waals surface area contributed by atoms with E-state index >= 15 is 0 Å². The standard InChI is InChI=1S/C41H68S/c1-15-41-21-20-31(24(4)5)22-35(41)39(33-23-32(40(12,13)14)18-19-34(33)41)42(16-2,17-3)38-30(11)29(10)36-27(8)25(6)26(7)28(9)37(36)38/h18-30,33-39H,15-17H2,1-14H3. The van der Waals surface area contributed by atoms with Gasteiger partial charge in [0.1, 0.15) is 0 Å². The second-order valence-electron chi connectivity index (χ2n) is 17.3. The molecule has 0 bridgehead atoms. The Morgan fingerprint density at radius 3 is 1.81 bits per heavy atom. The summed E-state index contributed by atoms with van der Waals surface area (Å²) in [5, 5.41) is 1.66. The van der Waals surface area contributed by atoms with Gasteiger partial charge in [0, 0.05) is 10.7 Å². The largest absolute Gasteiger partial charge is 0.234 e. The lowest BCUT2D eigenvalue weighted by Gasteiger charge is -2.59. The summed E-state index contributed by atoms with van der Waals surface area (Å²) in [5.74, 6) is 12.1. The molecule has 1 heteroatoms. The highest BCUT2D eigenvalue weighted by Crippen LogP contribution is 2.77. The van der Waals surface area contributed by atoms with Crippen molar-refractivity contribution in [3.63, 3.8) is 0 Å². The molecule has 0 aromatic rings. The molecule has 0 radical (unpaired) electrons. The minimum Gasteiger partial charge on any atom is -0.234 e. The Bertz CT molecular complexity index is 1120. The van der Waals surface area contributed by atoms with Crippen LogP contribution in [0.4, 0.5) is 0 Å². The number of rotatable bonds is 6. The van der Waals surface area contributed by atoms with Crippen molar-refractivity contribution in [2.24, 2.45) is 81.8 Å². The van der Waals surface area contributed by atoms with Gasteiger partial charge >= 0.3 is 0 Å². The van der Waals surface area contributed by atoms with Crippen molar-refractivity contribution in [2.45, 2.75) is 114 Å². The average molecular weight is 593 g/mol. The molecule has 5 aliphatic carbocycles. The van der Waals surface area contributed by atoms with E-state index in [0.717, 1.165) is 57.8 Å². The van der Waals surface area contributed by atoms with Gasteiger partial charge in [-0.2, -0.15) is 0 Å². The van der Waals surface area contributed by atoms with Gasteiger partial charge in [-0.25, -0.2) is 10.0 Å². The van der Waals surface area contributed by atoms with Gasteiger partial charge in [0.2, 0.25) is 0 Å². The van der Waals surface area contributed by atoms with Crippen LogP contribution in [-0.4, -0.2) is 22.0 Å². The molecule has 3 fully saturated rings. The molecule has 42 heavy (non-hydrogen) atoms. The summed E-state index contributed by atoms with van der Waals surface area (Å²) in [5.41, 5.74) is 3.64. The fourth-order valence-electron chi connectivity index (χ4n) is 12.0. The van der Waals surface area contributed by atoms with Crippen molar-refractivity contribution in [3.05, 3.63) is 47.6 Å². The van der Waals surface area contributed by atoms with Crippen molar-refractivity contribution >= 4 is 10.0 Å². The Kier molecular flexibility index (Phi) is 8.78. The molecule has 0 N–H and O–H groups in total. The van der Waals surface area contributed by atoms with Crippen LogP contribution < -0.4 is 0 Å². The molecule has 14 atom stereocenters. The van der Waals surface area contributed by atoms with Crippen LogP contribution in [0.1, 0.15) is 103 Å². The molecule has 3 saturated carbocycles. The first kappa shape index (κ1) is 32.7. The van der Waals surface area contributed by atoms with Gasteiger partial charge in [-0.3, -0.25) is 0 Å². The molecule has 0 heterocycles. The summed E-state index contributed by atoms with van der Waals surface area (Å²) >= 11 is 0. The lowest BCUT2D eigenvalue weighted by molar-refractivity contribution is 0.0152. The fraction of sp³-hybridized carbons (Fsp3) is 0.805. The van der Waals surface area contributed by atoms with Crippen LogP contribution in [0.25, 0.3) is 0 Å². The van der Waals surface area contributed by atoms with Crippen molar-refractivity contribution < 1.29 is 0 Å². The van der Waals surface area contributed by atoms with E-state index < -0.39 is 10.0 Å². The third kappa shape index (κ3) is 4.49. The van der Waals surface area contributed by atoms with Crippen molar-refractivity contribution in [1.29, 1.82) is 0 Å². The number of fused-ring (bicyclic) bond motifs is 4. The van der Waals surface area contributed by atoms with Crippen LogP contribution in [0.2, 0.25) is 0 Å². The van der Waals surface area contributed by atoms with E-state index in [0.29, 0.717) is 23.7 Å². The van der Waals surface area contributed by atoms with E-state index in [1.807, 2.05) is 0 Å². The van der Waals surface area contributed by atoms with Crippen LogP contribution in [0.3, 0.4) is 0 Å². The summed E-state index contributed by atoms with van der Waals surface area (Å²) in [6.07, 6.45) is 17.5. The fourth-order valence-corrected chi connectivity index (χ4v) is 18.2. The maximum Gasteiger partial charge on any atom is 0.00315 e. The summed E-state index contributed by atoms with van der Waals surface area (Å²) in [4.78, 5) is 0. The molecular weight excluding hydrogens is 525 g/mol. The first-order valence-corrected chi connectivity index (χ1v) is 20.3. The van der Waals surface area contributed by atoms with Crippen LogP contribution >= 0.6 is 10.0 Å². The zero-order valence-electron chi connectivity index (χ0n) is 30.1. The van der Waals surface area contributed by atoms with Gasteiger partial charge < -0.3 is 0 Å². The Labute approximate surface area is 264 Å². The van der Waals surface area contributed by atoms with E-state index in [2.05, 4.69) is 133 Å². The molecule has 0 aromatic heterocycles. The summed E-state index contributed by atoms with van der Waals surface area (Å²) in [6, 6.07) is 0. The Morgan fingerprint density at radius 1 is 0.714 bits per heavy atom. The molecular formula is C41H68S. The van der Waals surface area contributed by atoms with Gasteiger partial charge in [0.05, 0.1) is 0 Å². The summed E-state index contributed by atoms with van der Waals surface area (Å²) < 4.78 is 0. The molecule has 0 aliphatic heterocycles. The molecule has 5 aliphatic rings. The van der Waals surface area contributed by atoms with Crippen LogP contribution in [0.15, 0.2) is 47.6 Å². The van der Waals surface area contributed by atoms with Crippen LogP contribution in [0.5, 0.6) is 0 Å². The third-order valence-corrected chi connectivity index (χ3v) is 20.7. The second-order valence-corrected chi connectivity index (χ2v) is 21.6. The molecule has 14 unspecified atom stereocenters. The van der Waals surface area contributed by atoms with E-state index in [4.69, 9.17) is 0 Å². The van der Waals surface area contributed by atoms with Gasteiger partial charge in [-0.15, -0.1) is 0 Å². The highest BCUT2D eigenvalue weighted by Gasteiger charge is 2.66. The average Bonchev–Trinajstić information content (AvgIpc) is 3.40. The van der Waals surface area contributed by atoms with Crippen molar-refractivity contribution in [3.8, 4) is 0 Å². The molecule has 238 valence electrons. The highest BCUT2D eigenvalue weighted by atomic mass is 32.3. The maximum absolute atomic E-state index is 2.86. The van der Waals surface area contributed by atoms with Crippen LogP contribution in [-0.2, 0) is 0 Å².